The van der Waals surface area contributed by atoms with E-state index in [1.165, 1.54) is 18.3 Å². The summed E-state index contributed by atoms with van der Waals surface area (Å²) in [7, 11) is 0. The van der Waals surface area contributed by atoms with Gasteiger partial charge in [-0.3, -0.25) is 9.88 Å². The van der Waals surface area contributed by atoms with Gasteiger partial charge in [0.05, 0.1) is 45.8 Å². The molecule has 0 spiro atoms. The molecule has 1 aliphatic rings. The van der Waals surface area contributed by atoms with Crippen LogP contribution in [-0.2, 0) is 0 Å². The van der Waals surface area contributed by atoms with E-state index in [-0.39, 0.29) is 22.6 Å². The van der Waals surface area contributed by atoms with Gasteiger partial charge in [-0.05, 0) is 104 Å². The number of benzene rings is 3. The lowest BCUT2D eigenvalue weighted by Gasteiger charge is -2.40. The molecule has 0 radical (unpaired) electrons. The topological polar surface area (TPSA) is 94.7 Å². The Kier molecular flexibility index (Phi) is 9.39. The number of nitrogens with one attached hydrogen (secondary N) is 2. The molecule has 6 rings (SSSR count). The lowest BCUT2D eigenvalue weighted by molar-refractivity contribution is 0.0866. The average Bonchev–Trinajstić information content (AvgIpc) is 3.51. The zero-order chi connectivity index (χ0) is 32.6. The number of pyridine rings is 1. The molecule has 8 nitrogen and oxygen atoms in total. The van der Waals surface area contributed by atoms with Crippen molar-refractivity contribution in [3.05, 3.63) is 103 Å². The number of aromatic nitrogens is 4. The van der Waals surface area contributed by atoms with Crippen LogP contribution in [0, 0.1) is 20.7 Å². The largest absolute Gasteiger partial charge is 0.371 e. The second-order valence-corrected chi connectivity index (χ2v) is 14.5. The molecule has 12 heteroatoms. The zero-order valence-corrected chi connectivity index (χ0v) is 29.2. The van der Waals surface area contributed by atoms with E-state index in [1.54, 1.807) is 12.1 Å². The van der Waals surface area contributed by atoms with Crippen LogP contribution in [0.2, 0.25) is 10.0 Å². The molecule has 236 valence electrons. The molecule has 1 atom stereocenters. The molecule has 2 aromatic heterocycles. The number of hydrogen-bond acceptors (Lipinski definition) is 7. The van der Waals surface area contributed by atoms with E-state index in [2.05, 4.69) is 92.4 Å². The van der Waals surface area contributed by atoms with Crippen molar-refractivity contribution in [1.82, 2.24) is 24.9 Å². The maximum Gasteiger partial charge on any atom is 0.141 e. The van der Waals surface area contributed by atoms with Gasteiger partial charge < -0.3 is 10.6 Å². The molecule has 3 heterocycles. The summed E-state index contributed by atoms with van der Waals surface area (Å²) in [6.45, 7) is 8.78. The molecule has 3 aromatic carbocycles. The van der Waals surface area contributed by atoms with E-state index in [1.807, 2.05) is 29.1 Å². The average molecular weight is 769 g/mol. The Morgan fingerprint density at radius 3 is 2.57 bits per heavy atom. The first-order valence-corrected chi connectivity index (χ1v) is 16.8. The van der Waals surface area contributed by atoms with E-state index in [0.29, 0.717) is 38.6 Å². The molecule has 1 aliphatic heterocycles. The third kappa shape index (κ3) is 6.93. The Bertz CT molecular complexity index is 1940. The normalized spacial score (nSPS) is 15.1. The number of fused-ring (bicyclic) bond motifs is 1. The van der Waals surface area contributed by atoms with Gasteiger partial charge >= 0.3 is 0 Å². The molecule has 5 aromatic rings. The van der Waals surface area contributed by atoms with E-state index in [9.17, 15) is 9.65 Å². The number of halogens is 4. The van der Waals surface area contributed by atoms with Gasteiger partial charge in [0.2, 0.25) is 0 Å². The minimum Gasteiger partial charge on any atom is -0.371 e. The Hall–Kier alpha value is -3.50. The van der Waals surface area contributed by atoms with Crippen molar-refractivity contribution in [3.8, 4) is 6.07 Å². The summed E-state index contributed by atoms with van der Waals surface area (Å²) < 4.78 is 17.0. The minimum absolute atomic E-state index is 0.0320. The van der Waals surface area contributed by atoms with Crippen LogP contribution in [0.5, 0.6) is 0 Å². The molecule has 0 aliphatic carbocycles. The van der Waals surface area contributed by atoms with Crippen molar-refractivity contribution in [2.24, 2.45) is 0 Å². The summed E-state index contributed by atoms with van der Waals surface area (Å²) in [5.41, 5.74) is 4.47. The molecule has 0 amide bonds. The number of anilines is 3. The van der Waals surface area contributed by atoms with Gasteiger partial charge in [0, 0.05) is 44.5 Å². The van der Waals surface area contributed by atoms with Crippen LogP contribution in [0.3, 0.4) is 0 Å². The maximum absolute atomic E-state index is 13.9. The van der Waals surface area contributed by atoms with E-state index >= 15 is 0 Å². The van der Waals surface area contributed by atoms with E-state index < -0.39 is 5.82 Å². The number of nitrogens with zero attached hydrogens (tertiary/aromatic N) is 6. The van der Waals surface area contributed by atoms with Crippen LogP contribution in [0.15, 0.2) is 67.0 Å². The van der Waals surface area contributed by atoms with Crippen molar-refractivity contribution >= 4 is 73.8 Å². The van der Waals surface area contributed by atoms with Gasteiger partial charge in [-0.1, -0.05) is 40.5 Å². The minimum atomic E-state index is -0.532. The first-order valence-electron chi connectivity index (χ1n) is 14.9. The summed E-state index contributed by atoms with van der Waals surface area (Å²) in [6, 6.07) is 18.2. The fraction of sp³-hybridized carbons (Fsp3) is 0.294. The second kappa shape index (κ2) is 13.3. The first kappa shape index (κ1) is 32.4. The van der Waals surface area contributed by atoms with Crippen molar-refractivity contribution in [2.75, 3.05) is 23.7 Å². The molecule has 46 heavy (non-hydrogen) atoms. The van der Waals surface area contributed by atoms with E-state index in [0.717, 1.165) is 40.8 Å². The Labute approximate surface area is 291 Å². The van der Waals surface area contributed by atoms with Gasteiger partial charge in [0.1, 0.15) is 17.6 Å². The summed E-state index contributed by atoms with van der Waals surface area (Å²) in [6.07, 6.45) is 5.55. The van der Waals surface area contributed by atoms with Crippen LogP contribution in [0.1, 0.15) is 62.5 Å². The van der Waals surface area contributed by atoms with Crippen LogP contribution in [0.4, 0.5) is 21.5 Å². The van der Waals surface area contributed by atoms with Gasteiger partial charge in [0.15, 0.2) is 0 Å². The molecule has 1 fully saturated rings. The van der Waals surface area contributed by atoms with Gasteiger partial charge in [-0.2, -0.15) is 5.26 Å². The highest BCUT2D eigenvalue weighted by atomic mass is 127. The van der Waals surface area contributed by atoms with E-state index in [4.69, 9.17) is 23.2 Å². The Morgan fingerprint density at radius 1 is 1.09 bits per heavy atom. The third-order valence-electron chi connectivity index (χ3n) is 8.34. The van der Waals surface area contributed by atoms with Crippen LogP contribution < -0.4 is 10.6 Å². The molecular weight excluding hydrogens is 737 g/mol. The van der Waals surface area contributed by atoms with Crippen LogP contribution in [-0.4, -0.2) is 43.5 Å². The molecule has 0 saturated carbocycles. The molecule has 0 unspecified atom stereocenters. The Morgan fingerprint density at radius 2 is 1.87 bits per heavy atom. The molecule has 0 bridgehead atoms. The Balaban J connectivity index is 1.38. The number of piperidine rings is 1. The fourth-order valence-electron chi connectivity index (χ4n) is 5.89. The predicted octanol–water partition coefficient (Wildman–Crippen LogP) is 9.13. The zero-order valence-electron chi connectivity index (χ0n) is 25.5. The molecule has 2 N–H and O–H groups in total. The first-order chi connectivity index (χ1) is 22.0. The lowest BCUT2D eigenvalue weighted by atomic mass is 9.98. The number of nitriles is 1. The highest BCUT2D eigenvalue weighted by molar-refractivity contribution is 14.1. The summed E-state index contributed by atoms with van der Waals surface area (Å²) in [5.74, 6) is -0.532. The summed E-state index contributed by atoms with van der Waals surface area (Å²) in [4.78, 5) is 7.19. The summed E-state index contributed by atoms with van der Waals surface area (Å²) in [5, 5.41) is 27.1. The second-order valence-electron chi connectivity index (χ2n) is 12.4. The maximum atomic E-state index is 13.9. The van der Waals surface area contributed by atoms with Gasteiger partial charge in [-0.15, -0.1) is 5.10 Å². The van der Waals surface area contributed by atoms with Crippen LogP contribution in [0.25, 0.3) is 10.9 Å². The van der Waals surface area contributed by atoms with Gasteiger partial charge in [0.25, 0.3) is 0 Å². The quantitative estimate of drug-likeness (QED) is 0.160. The smallest absolute Gasteiger partial charge is 0.141 e. The van der Waals surface area contributed by atoms with Crippen molar-refractivity contribution in [3.63, 3.8) is 0 Å². The van der Waals surface area contributed by atoms with Gasteiger partial charge in [-0.25, -0.2) is 9.07 Å². The highest BCUT2D eigenvalue weighted by Gasteiger charge is 2.29. The molecule has 1 saturated heterocycles. The van der Waals surface area contributed by atoms with Crippen molar-refractivity contribution < 1.29 is 4.39 Å². The summed E-state index contributed by atoms with van der Waals surface area (Å²) >= 11 is 15.1. The van der Waals surface area contributed by atoms with Crippen molar-refractivity contribution in [1.29, 1.82) is 5.26 Å². The predicted molar refractivity (Wildman–Crippen MR) is 190 cm³/mol. The highest BCUT2D eigenvalue weighted by Crippen LogP contribution is 2.38. The lowest BCUT2D eigenvalue weighted by Crippen LogP contribution is -2.46. The SMILES string of the molecule is CC(C)(C)N1CCC(n2cc([C@@H](Nc3cc(Cl)cc4c(Nc5ccc(F)c(Cl)c5)c(C#N)cnc34)c3cccc(I)c3)nn2)CC1. The number of hydrogen-bond donors (Lipinski definition) is 2. The van der Waals surface area contributed by atoms with Crippen molar-refractivity contribution in [2.45, 2.75) is 51.2 Å². The standard InChI is InChI=1S/C34H32Cl2FIN8/c1-34(2,3)45-11-9-25(10-12-45)46-19-30(43-44-46)32(20-5-4-6-23(38)13-20)42-29-15-22(35)14-26-31(21(17-39)18-40-33(26)29)41-24-7-8-28(37)27(36)16-24/h4-8,13-16,18-19,25,32,42H,9-12H2,1-3H3,(H,40,41)/t32-/m0/s1. The third-order valence-corrected chi connectivity index (χ3v) is 9.52. The monoisotopic (exact) mass is 768 g/mol. The van der Waals surface area contributed by atoms with Crippen LogP contribution >= 0.6 is 45.8 Å². The number of rotatable bonds is 7. The molecular formula is C34H32Cl2FIN8. The number of likely N-dealkylation sites (tertiary alicyclic amines) is 1. The fourth-order valence-corrected chi connectivity index (χ4v) is 6.85.